The molecule has 5 rings (SSSR count). The lowest BCUT2D eigenvalue weighted by molar-refractivity contribution is 0.0601. The number of nitrogens with zero attached hydrogens (tertiary/aromatic N) is 3. The number of amides is 2. The normalized spacial score (nSPS) is 20.8. The largest absolute Gasteiger partial charge is 0.494 e. The predicted molar refractivity (Wildman–Crippen MR) is 167 cm³/mol. The first-order valence-corrected chi connectivity index (χ1v) is 15.5. The Hall–Kier alpha value is -3.85. The van der Waals surface area contributed by atoms with Crippen LogP contribution in [-0.4, -0.2) is 71.9 Å². The van der Waals surface area contributed by atoms with E-state index in [2.05, 4.69) is 48.1 Å². The van der Waals surface area contributed by atoms with Crippen LogP contribution in [0.5, 0.6) is 5.75 Å². The maximum atomic E-state index is 14.3. The molecule has 1 saturated heterocycles. The van der Waals surface area contributed by atoms with Crippen molar-refractivity contribution in [2.45, 2.75) is 76.4 Å². The second-order valence-corrected chi connectivity index (χ2v) is 12.6. The first-order chi connectivity index (χ1) is 20.8. The van der Waals surface area contributed by atoms with Gasteiger partial charge < -0.3 is 29.6 Å². The van der Waals surface area contributed by atoms with Crippen molar-refractivity contribution in [3.8, 4) is 17.0 Å². The molecule has 2 aliphatic rings. The molecule has 2 aromatic carbocycles. The third kappa shape index (κ3) is 7.21. The van der Waals surface area contributed by atoms with E-state index in [1.54, 1.807) is 6.33 Å². The summed E-state index contributed by atoms with van der Waals surface area (Å²) in [4.78, 5) is 33.1. The molecule has 0 radical (unpaired) electrons. The average Bonchev–Trinajstić information content (AvgIpc) is 3.46. The van der Waals surface area contributed by atoms with Gasteiger partial charge in [-0.2, -0.15) is 0 Å². The first kappa shape index (κ1) is 30.6. The Morgan fingerprint density at radius 2 is 1.79 bits per heavy atom. The SMILES string of the molecule is COC(=O)N[C@H]1CCCC[C@@H]1n1cnc(C(=O)N2CCNC[C@H]2CCOc2ccc(C(C)(C)C)cc2)c1-c1ccccc1. The zero-order chi connectivity index (χ0) is 30.4. The predicted octanol–water partition coefficient (Wildman–Crippen LogP) is 5.57. The molecule has 9 nitrogen and oxygen atoms in total. The molecule has 0 bridgehead atoms. The molecule has 3 atom stereocenters. The van der Waals surface area contributed by atoms with Gasteiger partial charge in [0, 0.05) is 37.7 Å². The third-order valence-electron chi connectivity index (χ3n) is 8.67. The molecule has 2 amide bonds. The molecule has 0 unspecified atom stereocenters. The number of alkyl carbamates (subject to hydrolysis) is 1. The van der Waals surface area contributed by atoms with Crippen LogP contribution in [0.4, 0.5) is 4.79 Å². The van der Waals surface area contributed by atoms with E-state index in [4.69, 9.17) is 14.5 Å². The molecule has 1 aliphatic heterocycles. The van der Waals surface area contributed by atoms with Crippen molar-refractivity contribution < 1.29 is 19.1 Å². The summed E-state index contributed by atoms with van der Waals surface area (Å²) in [5.41, 5.74) is 3.52. The van der Waals surface area contributed by atoms with Crippen molar-refractivity contribution in [3.05, 3.63) is 72.2 Å². The highest BCUT2D eigenvalue weighted by molar-refractivity contribution is 5.98. The van der Waals surface area contributed by atoms with Gasteiger partial charge in [0.15, 0.2) is 5.69 Å². The van der Waals surface area contributed by atoms with E-state index in [0.717, 1.165) is 49.2 Å². The average molecular weight is 588 g/mol. The van der Waals surface area contributed by atoms with Gasteiger partial charge in [-0.3, -0.25) is 4.79 Å². The van der Waals surface area contributed by atoms with Crippen LogP contribution < -0.4 is 15.4 Å². The molecule has 9 heteroatoms. The summed E-state index contributed by atoms with van der Waals surface area (Å²) < 4.78 is 13.1. The number of imidazole rings is 1. The highest BCUT2D eigenvalue weighted by Gasteiger charge is 2.35. The summed E-state index contributed by atoms with van der Waals surface area (Å²) in [6, 6.07) is 18.1. The minimum absolute atomic E-state index is 0.0210. The fourth-order valence-electron chi connectivity index (χ4n) is 6.26. The molecule has 2 N–H and O–H groups in total. The van der Waals surface area contributed by atoms with Gasteiger partial charge in [-0.1, -0.05) is 76.1 Å². The van der Waals surface area contributed by atoms with Gasteiger partial charge in [-0.25, -0.2) is 9.78 Å². The molecule has 43 heavy (non-hydrogen) atoms. The van der Waals surface area contributed by atoms with Crippen molar-refractivity contribution in [3.63, 3.8) is 0 Å². The van der Waals surface area contributed by atoms with E-state index in [1.807, 2.05) is 47.4 Å². The van der Waals surface area contributed by atoms with Gasteiger partial charge >= 0.3 is 6.09 Å². The van der Waals surface area contributed by atoms with Crippen LogP contribution in [0.3, 0.4) is 0 Å². The standard InChI is InChI=1S/C34H45N5O4/c1-34(2,3)25-14-16-27(17-15-25)43-21-18-26-22-35-19-20-38(26)32(40)30-31(24-10-6-5-7-11-24)39(23-36-30)29-13-9-8-12-28(29)37-33(41)42-4/h5-7,10-11,14-17,23,26,28-29,35H,8-9,12-13,18-22H2,1-4H3,(H,37,41)/t26-,28+,29+/m1/s1. The van der Waals surface area contributed by atoms with E-state index in [9.17, 15) is 9.59 Å². The third-order valence-corrected chi connectivity index (χ3v) is 8.67. The van der Waals surface area contributed by atoms with E-state index in [-0.39, 0.29) is 29.4 Å². The number of ether oxygens (including phenoxy) is 2. The fourth-order valence-corrected chi connectivity index (χ4v) is 6.26. The second-order valence-electron chi connectivity index (χ2n) is 12.6. The van der Waals surface area contributed by atoms with Gasteiger partial charge in [0.2, 0.25) is 0 Å². The molecular weight excluding hydrogens is 542 g/mol. The topological polar surface area (TPSA) is 97.7 Å². The van der Waals surface area contributed by atoms with Gasteiger partial charge in [0.1, 0.15) is 5.75 Å². The highest BCUT2D eigenvalue weighted by atomic mass is 16.5. The molecule has 1 aromatic heterocycles. The molecule has 230 valence electrons. The number of hydrogen-bond acceptors (Lipinski definition) is 6. The lowest BCUT2D eigenvalue weighted by Gasteiger charge is -2.36. The lowest BCUT2D eigenvalue weighted by atomic mass is 9.87. The minimum Gasteiger partial charge on any atom is -0.494 e. The van der Waals surface area contributed by atoms with Crippen molar-refractivity contribution in [2.24, 2.45) is 0 Å². The molecule has 3 aromatic rings. The van der Waals surface area contributed by atoms with Crippen LogP contribution in [0.1, 0.15) is 75.0 Å². The number of piperazine rings is 1. The Morgan fingerprint density at radius 1 is 1.05 bits per heavy atom. The van der Waals surface area contributed by atoms with E-state index < -0.39 is 6.09 Å². The monoisotopic (exact) mass is 587 g/mol. The van der Waals surface area contributed by atoms with Gasteiger partial charge in [0.05, 0.1) is 37.8 Å². The molecular formula is C34H45N5O4. The maximum Gasteiger partial charge on any atom is 0.407 e. The second kappa shape index (κ2) is 13.6. The summed E-state index contributed by atoms with van der Waals surface area (Å²) in [7, 11) is 1.38. The minimum atomic E-state index is -0.439. The number of aromatic nitrogens is 2. The maximum absolute atomic E-state index is 14.3. The van der Waals surface area contributed by atoms with Crippen molar-refractivity contribution in [2.75, 3.05) is 33.4 Å². The van der Waals surface area contributed by atoms with Crippen LogP contribution in [0.2, 0.25) is 0 Å². The van der Waals surface area contributed by atoms with Crippen molar-refractivity contribution in [1.82, 2.24) is 25.1 Å². The van der Waals surface area contributed by atoms with Crippen molar-refractivity contribution >= 4 is 12.0 Å². The summed E-state index contributed by atoms with van der Waals surface area (Å²) in [6.45, 7) is 9.13. The number of methoxy groups -OCH3 is 1. The Balaban J connectivity index is 1.36. The van der Waals surface area contributed by atoms with Gasteiger partial charge in [-0.15, -0.1) is 0 Å². The van der Waals surface area contributed by atoms with Crippen molar-refractivity contribution in [1.29, 1.82) is 0 Å². The summed E-state index contributed by atoms with van der Waals surface area (Å²) >= 11 is 0. The van der Waals surface area contributed by atoms with Crippen LogP contribution in [-0.2, 0) is 10.2 Å². The Bertz CT molecular complexity index is 1370. The Kier molecular flexibility index (Phi) is 9.70. The zero-order valence-electron chi connectivity index (χ0n) is 25.8. The number of carbonyl (C=O) groups is 2. The van der Waals surface area contributed by atoms with E-state index in [1.165, 1.54) is 12.7 Å². The molecule has 0 spiro atoms. The van der Waals surface area contributed by atoms with Crippen LogP contribution in [0, 0.1) is 0 Å². The number of benzene rings is 2. The Labute approximate surface area is 255 Å². The summed E-state index contributed by atoms with van der Waals surface area (Å²) in [5, 5.41) is 6.47. The smallest absolute Gasteiger partial charge is 0.407 e. The first-order valence-electron chi connectivity index (χ1n) is 15.5. The van der Waals surface area contributed by atoms with Crippen LogP contribution in [0.15, 0.2) is 60.9 Å². The number of nitrogens with one attached hydrogen (secondary N) is 2. The lowest BCUT2D eigenvalue weighted by Crippen LogP contribution is -2.54. The molecule has 2 fully saturated rings. The summed E-state index contributed by atoms with van der Waals surface area (Å²) in [5.74, 6) is 0.759. The fraction of sp³-hybridized carbons (Fsp3) is 0.500. The highest BCUT2D eigenvalue weighted by Crippen LogP contribution is 2.35. The van der Waals surface area contributed by atoms with E-state index >= 15 is 0 Å². The molecule has 1 aliphatic carbocycles. The zero-order valence-corrected chi connectivity index (χ0v) is 25.8. The molecule has 2 heterocycles. The Morgan fingerprint density at radius 3 is 2.51 bits per heavy atom. The van der Waals surface area contributed by atoms with Crippen LogP contribution >= 0.6 is 0 Å². The summed E-state index contributed by atoms with van der Waals surface area (Å²) in [6.07, 6.45) is 5.83. The van der Waals surface area contributed by atoms with E-state index in [0.29, 0.717) is 31.8 Å². The van der Waals surface area contributed by atoms with Gasteiger partial charge in [-0.05, 0) is 36.0 Å². The number of hydrogen-bond donors (Lipinski definition) is 2. The quantitative estimate of drug-likeness (QED) is 0.358. The number of rotatable bonds is 8. The molecule has 1 saturated carbocycles. The van der Waals surface area contributed by atoms with Gasteiger partial charge in [0.25, 0.3) is 5.91 Å². The van der Waals surface area contributed by atoms with Crippen LogP contribution in [0.25, 0.3) is 11.3 Å². The number of carbonyl (C=O) groups excluding carboxylic acids is 2.